The summed E-state index contributed by atoms with van der Waals surface area (Å²) in [6.07, 6.45) is 2.20. The maximum absolute atomic E-state index is 12.9. The van der Waals surface area contributed by atoms with Crippen LogP contribution in [0.2, 0.25) is 0 Å². The fraction of sp³-hybridized carbons (Fsp3) is 0.389. The molecule has 138 valence electrons. The van der Waals surface area contributed by atoms with Gasteiger partial charge in [-0.2, -0.15) is 5.10 Å². The van der Waals surface area contributed by atoms with Crippen molar-refractivity contribution >= 4 is 5.91 Å². The third-order valence-corrected chi connectivity index (χ3v) is 4.18. The summed E-state index contributed by atoms with van der Waals surface area (Å²) in [5, 5.41) is 7.70. The highest BCUT2D eigenvalue weighted by Crippen LogP contribution is 2.38. The van der Waals surface area contributed by atoms with Gasteiger partial charge < -0.3 is 23.8 Å². The Morgan fingerprint density at radius 2 is 1.88 bits per heavy atom. The zero-order chi connectivity index (χ0) is 18.5. The van der Waals surface area contributed by atoms with Crippen molar-refractivity contribution in [1.29, 1.82) is 0 Å². The van der Waals surface area contributed by atoms with E-state index in [0.29, 0.717) is 41.8 Å². The van der Waals surface area contributed by atoms with Crippen LogP contribution in [0.15, 0.2) is 30.5 Å². The highest BCUT2D eigenvalue weighted by atomic mass is 16.5. The van der Waals surface area contributed by atoms with Crippen molar-refractivity contribution in [2.24, 2.45) is 0 Å². The summed E-state index contributed by atoms with van der Waals surface area (Å²) in [5.41, 5.74) is 0.472. The van der Waals surface area contributed by atoms with Gasteiger partial charge in [-0.15, -0.1) is 5.10 Å². The smallest absolute Gasteiger partial charge is 0.254 e. The summed E-state index contributed by atoms with van der Waals surface area (Å²) < 4.78 is 21.7. The number of carbonyl (C=O) groups is 1. The standard InChI is InChI=1S/C18H21N3O5/c1-23-14-9-12(10-15(24-2)17(14)25-3)18(22)21-8-6-13(11-21)26-16-5-4-7-19-20-16/h4-5,7,9-10,13H,6,8,11H2,1-3H3. The Bertz CT molecular complexity index is 744. The molecule has 2 aromatic rings. The minimum Gasteiger partial charge on any atom is -0.493 e. The maximum atomic E-state index is 12.9. The van der Waals surface area contributed by atoms with Crippen molar-refractivity contribution < 1.29 is 23.7 Å². The molecule has 1 saturated heterocycles. The molecule has 1 amide bonds. The molecule has 0 spiro atoms. The van der Waals surface area contributed by atoms with E-state index >= 15 is 0 Å². The Morgan fingerprint density at radius 1 is 1.15 bits per heavy atom. The highest BCUT2D eigenvalue weighted by molar-refractivity contribution is 5.95. The van der Waals surface area contributed by atoms with Crippen molar-refractivity contribution in [3.8, 4) is 23.1 Å². The van der Waals surface area contributed by atoms with Crippen LogP contribution in [-0.4, -0.2) is 61.5 Å². The van der Waals surface area contributed by atoms with Crippen LogP contribution in [0, 0.1) is 0 Å². The minimum atomic E-state index is -0.116. The Balaban J connectivity index is 1.73. The summed E-state index contributed by atoms with van der Waals surface area (Å²) in [7, 11) is 4.56. The lowest BCUT2D eigenvalue weighted by Gasteiger charge is -2.19. The molecule has 26 heavy (non-hydrogen) atoms. The van der Waals surface area contributed by atoms with E-state index in [4.69, 9.17) is 18.9 Å². The van der Waals surface area contributed by atoms with Gasteiger partial charge in [0.25, 0.3) is 5.91 Å². The van der Waals surface area contributed by atoms with Gasteiger partial charge in [-0.1, -0.05) is 0 Å². The van der Waals surface area contributed by atoms with Gasteiger partial charge in [-0.25, -0.2) is 0 Å². The van der Waals surface area contributed by atoms with Crippen molar-refractivity contribution in [2.45, 2.75) is 12.5 Å². The lowest BCUT2D eigenvalue weighted by atomic mass is 10.1. The predicted molar refractivity (Wildman–Crippen MR) is 93.1 cm³/mol. The Labute approximate surface area is 151 Å². The summed E-state index contributed by atoms with van der Waals surface area (Å²) in [4.78, 5) is 14.6. The first-order chi connectivity index (χ1) is 12.7. The van der Waals surface area contributed by atoms with Gasteiger partial charge in [0.2, 0.25) is 11.6 Å². The van der Waals surface area contributed by atoms with E-state index in [0.717, 1.165) is 6.42 Å². The number of rotatable bonds is 6. The second-order valence-electron chi connectivity index (χ2n) is 5.76. The number of carbonyl (C=O) groups excluding carboxylic acids is 1. The van der Waals surface area contributed by atoms with Crippen LogP contribution >= 0.6 is 0 Å². The molecule has 1 atom stereocenters. The molecule has 1 aliphatic heterocycles. The van der Waals surface area contributed by atoms with Crippen LogP contribution in [0.1, 0.15) is 16.8 Å². The van der Waals surface area contributed by atoms with Gasteiger partial charge in [0, 0.05) is 30.8 Å². The Hall–Kier alpha value is -3.03. The third kappa shape index (κ3) is 3.63. The Morgan fingerprint density at radius 3 is 2.46 bits per heavy atom. The molecular formula is C18H21N3O5. The van der Waals surface area contributed by atoms with Crippen LogP contribution < -0.4 is 18.9 Å². The normalized spacial score (nSPS) is 16.3. The molecule has 0 N–H and O–H groups in total. The monoisotopic (exact) mass is 359 g/mol. The van der Waals surface area contributed by atoms with Crippen molar-refractivity contribution in [1.82, 2.24) is 15.1 Å². The molecule has 0 aliphatic carbocycles. The summed E-state index contributed by atoms with van der Waals surface area (Å²) in [5.74, 6) is 1.69. The quantitative estimate of drug-likeness (QED) is 0.777. The molecule has 8 nitrogen and oxygen atoms in total. The molecule has 1 aromatic heterocycles. The number of ether oxygens (including phenoxy) is 4. The van der Waals surface area contributed by atoms with Gasteiger partial charge >= 0.3 is 0 Å². The summed E-state index contributed by atoms with van der Waals surface area (Å²) in [6, 6.07) is 6.81. The molecule has 0 bridgehead atoms. The van der Waals surface area contributed by atoms with Gasteiger partial charge in [0.05, 0.1) is 27.9 Å². The van der Waals surface area contributed by atoms with E-state index in [1.165, 1.54) is 21.3 Å². The Kier molecular flexibility index (Phi) is 5.40. The average Bonchev–Trinajstić information content (AvgIpc) is 3.15. The number of aromatic nitrogens is 2. The van der Waals surface area contributed by atoms with E-state index in [1.54, 1.807) is 35.4 Å². The highest BCUT2D eigenvalue weighted by Gasteiger charge is 2.29. The van der Waals surface area contributed by atoms with Crippen molar-refractivity contribution in [2.75, 3.05) is 34.4 Å². The third-order valence-electron chi connectivity index (χ3n) is 4.18. The molecule has 3 rings (SSSR count). The fourth-order valence-corrected chi connectivity index (χ4v) is 2.92. The van der Waals surface area contributed by atoms with Gasteiger partial charge in [-0.3, -0.25) is 4.79 Å². The first-order valence-corrected chi connectivity index (χ1v) is 8.20. The molecule has 0 saturated carbocycles. The predicted octanol–water partition coefficient (Wildman–Crippen LogP) is 1.80. The zero-order valence-electron chi connectivity index (χ0n) is 15.0. The number of hydrogen-bond donors (Lipinski definition) is 0. The molecule has 1 aromatic carbocycles. The second-order valence-corrected chi connectivity index (χ2v) is 5.76. The van der Waals surface area contributed by atoms with E-state index in [-0.39, 0.29) is 12.0 Å². The molecule has 8 heteroatoms. The number of likely N-dealkylation sites (tertiary alicyclic amines) is 1. The second kappa shape index (κ2) is 7.90. The molecular weight excluding hydrogens is 338 g/mol. The first kappa shape index (κ1) is 17.8. The SMILES string of the molecule is COc1cc(C(=O)N2CCC(Oc3cccnn3)C2)cc(OC)c1OC. The number of nitrogens with zero attached hydrogens (tertiary/aromatic N) is 3. The van der Waals surface area contributed by atoms with E-state index in [9.17, 15) is 4.79 Å². The van der Waals surface area contributed by atoms with E-state index in [1.807, 2.05) is 0 Å². The van der Waals surface area contributed by atoms with Crippen LogP contribution in [0.3, 0.4) is 0 Å². The maximum Gasteiger partial charge on any atom is 0.254 e. The van der Waals surface area contributed by atoms with E-state index in [2.05, 4.69) is 10.2 Å². The first-order valence-electron chi connectivity index (χ1n) is 8.20. The van der Waals surface area contributed by atoms with Crippen LogP contribution in [0.5, 0.6) is 23.1 Å². The van der Waals surface area contributed by atoms with Gasteiger partial charge in [0.15, 0.2) is 11.5 Å². The van der Waals surface area contributed by atoms with Gasteiger partial charge in [-0.05, 0) is 18.2 Å². The van der Waals surface area contributed by atoms with Crippen molar-refractivity contribution in [3.63, 3.8) is 0 Å². The van der Waals surface area contributed by atoms with Crippen LogP contribution in [0.25, 0.3) is 0 Å². The molecule has 1 fully saturated rings. The number of amides is 1. The number of hydrogen-bond acceptors (Lipinski definition) is 7. The number of methoxy groups -OCH3 is 3. The fourth-order valence-electron chi connectivity index (χ4n) is 2.92. The lowest BCUT2D eigenvalue weighted by molar-refractivity contribution is 0.0770. The molecule has 2 heterocycles. The lowest BCUT2D eigenvalue weighted by Crippen LogP contribution is -2.31. The average molecular weight is 359 g/mol. The largest absolute Gasteiger partial charge is 0.493 e. The summed E-state index contributed by atoms with van der Waals surface area (Å²) >= 11 is 0. The summed E-state index contributed by atoms with van der Waals surface area (Å²) in [6.45, 7) is 1.08. The molecule has 1 aliphatic rings. The zero-order valence-corrected chi connectivity index (χ0v) is 15.0. The minimum absolute atomic E-state index is 0.113. The topological polar surface area (TPSA) is 83.0 Å². The van der Waals surface area contributed by atoms with Crippen molar-refractivity contribution in [3.05, 3.63) is 36.0 Å². The van der Waals surface area contributed by atoms with E-state index < -0.39 is 0 Å². The molecule has 0 radical (unpaired) electrons. The van der Waals surface area contributed by atoms with Gasteiger partial charge in [0.1, 0.15) is 6.10 Å². The van der Waals surface area contributed by atoms with Crippen LogP contribution in [-0.2, 0) is 0 Å². The molecule has 1 unspecified atom stereocenters. The van der Waals surface area contributed by atoms with Crippen LogP contribution in [0.4, 0.5) is 0 Å². The number of benzene rings is 1.